The number of carbonyl (C=O) groups is 1. The molecule has 0 radical (unpaired) electrons. The van der Waals surface area contributed by atoms with E-state index >= 15 is 0 Å². The Morgan fingerprint density at radius 1 is 0.837 bits per heavy atom. The lowest BCUT2D eigenvalue weighted by molar-refractivity contribution is -0.132. The number of anilines is 1. The molecule has 0 bridgehead atoms. The minimum atomic E-state index is -1.24. The molecule has 43 heavy (non-hydrogen) atoms. The average molecular weight is 573 g/mol. The highest BCUT2D eigenvalue weighted by Gasteiger charge is 2.14. The number of aliphatic carboxylic acids is 1. The van der Waals surface area contributed by atoms with Crippen LogP contribution >= 0.6 is 0 Å². The van der Waals surface area contributed by atoms with Gasteiger partial charge in [0.15, 0.2) is 0 Å². The lowest BCUT2D eigenvalue weighted by atomic mass is 10.0. The Morgan fingerprint density at radius 3 is 1.86 bits per heavy atom. The topological polar surface area (TPSA) is 94.5 Å². The van der Waals surface area contributed by atoms with Crippen LogP contribution in [0.15, 0.2) is 81.5 Å². The van der Waals surface area contributed by atoms with Gasteiger partial charge in [0.05, 0.1) is 5.56 Å². The summed E-state index contributed by atoms with van der Waals surface area (Å²) < 4.78 is 5.82. The van der Waals surface area contributed by atoms with Crippen molar-refractivity contribution in [1.29, 1.82) is 5.26 Å². The van der Waals surface area contributed by atoms with Gasteiger partial charge in [0, 0.05) is 30.2 Å². The molecule has 6 heteroatoms. The number of fused-ring (bicyclic) bond motifs is 1. The number of hydrogen-bond acceptors (Lipinski definition) is 5. The summed E-state index contributed by atoms with van der Waals surface area (Å²) in [6.07, 6.45) is 11.9. The molecule has 4 rings (SSSR count). The van der Waals surface area contributed by atoms with Gasteiger partial charge in [-0.25, -0.2) is 9.59 Å². The van der Waals surface area contributed by atoms with E-state index in [9.17, 15) is 9.59 Å². The quantitative estimate of drug-likeness (QED) is 0.0794. The Labute approximate surface area is 252 Å². The molecule has 0 fully saturated rings. The van der Waals surface area contributed by atoms with Crippen molar-refractivity contribution in [2.75, 3.05) is 18.0 Å². The summed E-state index contributed by atoms with van der Waals surface area (Å²) in [5.41, 5.74) is 6.20. The third kappa shape index (κ3) is 7.78. The summed E-state index contributed by atoms with van der Waals surface area (Å²) in [6.45, 7) is 8.33. The molecule has 0 spiro atoms. The van der Waals surface area contributed by atoms with E-state index in [0.717, 1.165) is 65.7 Å². The highest BCUT2D eigenvalue weighted by atomic mass is 16.4. The average Bonchev–Trinajstić information content (AvgIpc) is 3.02. The molecule has 0 amide bonds. The number of benzene rings is 3. The van der Waals surface area contributed by atoms with Crippen LogP contribution in [0.4, 0.5) is 5.69 Å². The maximum atomic E-state index is 13.1. The van der Waals surface area contributed by atoms with Crippen molar-refractivity contribution in [3.63, 3.8) is 0 Å². The summed E-state index contributed by atoms with van der Waals surface area (Å²) in [5.74, 6) is -1.24. The number of nitrogens with zero attached hydrogens (tertiary/aromatic N) is 2. The maximum absolute atomic E-state index is 13.1. The molecule has 0 aliphatic heterocycles. The second-order valence-corrected chi connectivity index (χ2v) is 10.3. The smallest absolute Gasteiger partial charge is 0.346 e. The van der Waals surface area contributed by atoms with Crippen molar-refractivity contribution >= 4 is 53.0 Å². The Hall–Kier alpha value is -5.15. The van der Waals surface area contributed by atoms with Crippen LogP contribution in [0.25, 0.3) is 41.3 Å². The summed E-state index contributed by atoms with van der Waals surface area (Å²) in [4.78, 5) is 26.4. The summed E-state index contributed by atoms with van der Waals surface area (Å²) in [6, 6.07) is 23.2. The minimum Gasteiger partial charge on any atom is -0.477 e. The number of nitriles is 1. The van der Waals surface area contributed by atoms with E-state index in [1.807, 2.05) is 66.8 Å². The van der Waals surface area contributed by atoms with Crippen LogP contribution < -0.4 is 10.5 Å². The zero-order chi connectivity index (χ0) is 30.8. The van der Waals surface area contributed by atoms with Crippen molar-refractivity contribution in [2.45, 2.75) is 40.0 Å². The minimum absolute atomic E-state index is 0.305. The molecule has 0 aliphatic rings. The molecule has 1 heterocycles. The van der Waals surface area contributed by atoms with Gasteiger partial charge in [-0.2, -0.15) is 5.26 Å². The first-order valence-electron chi connectivity index (χ1n) is 14.6. The van der Waals surface area contributed by atoms with Crippen molar-refractivity contribution < 1.29 is 14.3 Å². The van der Waals surface area contributed by atoms with Crippen molar-refractivity contribution in [3.8, 4) is 6.07 Å². The molecule has 4 aromatic rings. The van der Waals surface area contributed by atoms with E-state index in [4.69, 9.17) is 14.8 Å². The van der Waals surface area contributed by atoms with Crippen LogP contribution in [-0.2, 0) is 11.2 Å². The second-order valence-electron chi connectivity index (χ2n) is 10.3. The van der Waals surface area contributed by atoms with Gasteiger partial charge in [0.25, 0.3) is 0 Å². The molecule has 6 nitrogen and oxygen atoms in total. The van der Waals surface area contributed by atoms with Crippen LogP contribution in [0.3, 0.4) is 0 Å². The fraction of sp³-hybridized carbons (Fsp3) is 0.216. The molecular formula is C37H36N2O4. The monoisotopic (exact) mass is 572 g/mol. The van der Waals surface area contributed by atoms with Gasteiger partial charge >= 0.3 is 11.6 Å². The molecule has 0 unspecified atom stereocenters. The van der Waals surface area contributed by atoms with E-state index in [2.05, 4.69) is 37.8 Å². The molecule has 1 N–H and O–H groups in total. The molecule has 0 aliphatic carbocycles. The SMILES string of the molecule is CCCN(CCC)c1ccc2c(CC)c(/C=C/c3ccc(/C=C/c4ccc(/C=C(\C#N)C(=O)O)cc4)cc3)c(=O)oc2c1. The number of carboxylic acid groups (broad SMARTS) is 1. The molecule has 3 aromatic carbocycles. The fourth-order valence-corrected chi connectivity index (χ4v) is 5.03. The van der Waals surface area contributed by atoms with Crippen LogP contribution in [0.1, 0.15) is 67.0 Å². The summed E-state index contributed by atoms with van der Waals surface area (Å²) >= 11 is 0. The standard InChI is InChI=1S/C37H36N2O4/c1-4-21-39(22-5-2)31-18-20-33-32(6-3)34(37(42)43-35(33)24-31)19-17-28-11-9-26(10-12-28)7-8-27-13-15-29(16-14-27)23-30(25-38)36(40)41/h7-20,23-24H,4-6,21-22H2,1-3H3,(H,40,41)/b8-7+,19-17+,30-23+. The van der Waals surface area contributed by atoms with Gasteiger partial charge in [-0.3, -0.25) is 0 Å². The van der Waals surface area contributed by atoms with E-state index in [0.29, 0.717) is 16.7 Å². The van der Waals surface area contributed by atoms with Crippen molar-refractivity contribution in [3.05, 3.63) is 116 Å². The predicted octanol–water partition coefficient (Wildman–Crippen LogP) is 8.31. The molecule has 218 valence electrons. The molecular weight excluding hydrogens is 536 g/mol. The molecule has 0 saturated heterocycles. The van der Waals surface area contributed by atoms with Gasteiger partial charge in [-0.15, -0.1) is 0 Å². The Bertz CT molecular complexity index is 1760. The van der Waals surface area contributed by atoms with Gasteiger partial charge in [-0.05, 0) is 71.4 Å². The summed E-state index contributed by atoms with van der Waals surface area (Å²) in [7, 11) is 0. The maximum Gasteiger partial charge on any atom is 0.346 e. The van der Waals surface area contributed by atoms with Gasteiger partial charge in [0.1, 0.15) is 17.2 Å². The fourth-order valence-electron chi connectivity index (χ4n) is 5.03. The third-order valence-electron chi connectivity index (χ3n) is 7.19. The van der Waals surface area contributed by atoms with E-state index in [-0.39, 0.29) is 11.2 Å². The highest BCUT2D eigenvalue weighted by Crippen LogP contribution is 2.27. The molecule has 1 aromatic heterocycles. The van der Waals surface area contributed by atoms with Crippen molar-refractivity contribution in [2.24, 2.45) is 0 Å². The normalized spacial score (nSPS) is 11.8. The third-order valence-corrected chi connectivity index (χ3v) is 7.19. The Morgan fingerprint density at radius 2 is 1.37 bits per heavy atom. The molecule has 0 atom stereocenters. The Kier molecular flexibility index (Phi) is 10.5. The largest absolute Gasteiger partial charge is 0.477 e. The lowest BCUT2D eigenvalue weighted by Gasteiger charge is -2.24. The first-order valence-corrected chi connectivity index (χ1v) is 14.6. The number of hydrogen-bond donors (Lipinski definition) is 1. The van der Waals surface area contributed by atoms with E-state index < -0.39 is 5.97 Å². The first-order chi connectivity index (χ1) is 20.9. The number of aryl methyl sites for hydroxylation is 1. The first kappa shape index (κ1) is 30.8. The van der Waals surface area contributed by atoms with Crippen molar-refractivity contribution in [1.82, 2.24) is 0 Å². The van der Waals surface area contributed by atoms with Gasteiger partial charge in [0.2, 0.25) is 0 Å². The number of rotatable bonds is 12. The second kappa shape index (κ2) is 14.7. The predicted molar refractivity (Wildman–Crippen MR) is 177 cm³/mol. The van der Waals surface area contributed by atoms with E-state index in [1.165, 1.54) is 6.08 Å². The van der Waals surface area contributed by atoms with Crippen LogP contribution in [0, 0.1) is 11.3 Å². The lowest BCUT2D eigenvalue weighted by Crippen LogP contribution is -2.24. The van der Waals surface area contributed by atoms with Crippen LogP contribution in [0.2, 0.25) is 0 Å². The van der Waals surface area contributed by atoms with Gasteiger partial charge < -0.3 is 14.4 Å². The summed E-state index contributed by atoms with van der Waals surface area (Å²) in [5, 5.41) is 18.9. The number of carboxylic acids is 1. The Balaban J connectivity index is 1.51. The highest BCUT2D eigenvalue weighted by molar-refractivity contribution is 5.96. The van der Waals surface area contributed by atoms with E-state index in [1.54, 1.807) is 18.2 Å². The molecule has 0 saturated carbocycles. The zero-order valence-corrected chi connectivity index (χ0v) is 24.8. The van der Waals surface area contributed by atoms with Crippen LogP contribution in [0.5, 0.6) is 0 Å². The van der Waals surface area contributed by atoms with Crippen LogP contribution in [-0.4, -0.2) is 24.2 Å². The van der Waals surface area contributed by atoms with Gasteiger partial charge in [-0.1, -0.05) is 87.5 Å². The zero-order valence-electron chi connectivity index (χ0n) is 24.8.